The molecule has 23 heavy (non-hydrogen) atoms. The highest BCUT2D eigenvalue weighted by molar-refractivity contribution is 5.14. The van der Waals surface area contributed by atoms with Crippen LogP contribution in [0, 0.1) is 0 Å². The second-order valence-electron chi connectivity index (χ2n) is 6.75. The fraction of sp³-hybridized carbons (Fsp3) is 0.684. The van der Waals surface area contributed by atoms with Gasteiger partial charge in [0.2, 0.25) is 0 Å². The van der Waals surface area contributed by atoms with Crippen LogP contribution in [0.1, 0.15) is 25.3 Å². The summed E-state index contributed by atoms with van der Waals surface area (Å²) in [6.07, 6.45) is 2.67. The summed E-state index contributed by atoms with van der Waals surface area (Å²) < 4.78 is 5.81. The number of nitrogens with zero attached hydrogens (tertiary/aromatic N) is 2. The molecule has 2 heterocycles. The molecule has 1 aromatic rings. The van der Waals surface area contributed by atoms with Crippen LogP contribution in [0.2, 0.25) is 0 Å². The lowest BCUT2D eigenvalue weighted by Gasteiger charge is -2.41. The van der Waals surface area contributed by atoms with Crippen LogP contribution in [0.5, 0.6) is 0 Å². The molecule has 2 aliphatic rings. The molecule has 0 radical (unpaired) electrons. The molecule has 3 rings (SSSR count). The van der Waals surface area contributed by atoms with Crippen molar-refractivity contribution in [2.45, 2.75) is 38.4 Å². The van der Waals surface area contributed by atoms with Crippen LogP contribution >= 0.6 is 0 Å². The fourth-order valence-electron chi connectivity index (χ4n) is 3.87. The zero-order chi connectivity index (χ0) is 15.9. The Hall–Kier alpha value is -0.940. The van der Waals surface area contributed by atoms with Crippen LogP contribution < -0.4 is 5.32 Å². The van der Waals surface area contributed by atoms with Crippen molar-refractivity contribution in [3.63, 3.8) is 0 Å². The maximum absolute atomic E-state index is 5.81. The van der Waals surface area contributed by atoms with Gasteiger partial charge < -0.3 is 10.1 Å². The number of ether oxygens (including phenoxy) is 1. The molecule has 2 fully saturated rings. The van der Waals surface area contributed by atoms with E-state index in [2.05, 4.69) is 52.4 Å². The summed E-state index contributed by atoms with van der Waals surface area (Å²) in [5.41, 5.74) is 1.41. The van der Waals surface area contributed by atoms with Gasteiger partial charge >= 0.3 is 0 Å². The van der Waals surface area contributed by atoms with E-state index in [1.165, 1.54) is 31.5 Å². The van der Waals surface area contributed by atoms with E-state index in [1.54, 1.807) is 0 Å². The lowest BCUT2D eigenvalue weighted by atomic mass is 10.0. The van der Waals surface area contributed by atoms with Crippen molar-refractivity contribution < 1.29 is 4.74 Å². The molecular weight excluding hydrogens is 286 g/mol. The monoisotopic (exact) mass is 317 g/mol. The highest BCUT2D eigenvalue weighted by Crippen LogP contribution is 2.18. The third kappa shape index (κ3) is 4.77. The summed E-state index contributed by atoms with van der Waals surface area (Å²) in [7, 11) is 0. The Bertz CT molecular complexity index is 447. The van der Waals surface area contributed by atoms with Gasteiger partial charge in [0.15, 0.2) is 0 Å². The first kappa shape index (κ1) is 16.9. The molecular formula is C19H31N3O. The van der Waals surface area contributed by atoms with E-state index in [4.69, 9.17) is 4.74 Å². The first-order chi connectivity index (χ1) is 11.4. The van der Waals surface area contributed by atoms with E-state index in [1.807, 2.05) is 0 Å². The smallest absolute Gasteiger partial charge is 0.0637 e. The zero-order valence-electron chi connectivity index (χ0n) is 14.4. The maximum atomic E-state index is 5.81. The quantitative estimate of drug-likeness (QED) is 0.832. The van der Waals surface area contributed by atoms with Crippen LogP contribution in [0.4, 0.5) is 0 Å². The summed E-state index contributed by atoms with van der Waals surface area (Å²) in [6.45, 7) is 10.6. The van der Waals surface area contributed by atoms with E-state index in [0.717, 1.165) is 39.4 Å². The highest BCUT2D eigenvalue weighted by atomic mass is 16.5. The molecule has 1 aromatic carbocycles. The van der Waals surface area contributed by atoms with E-state index in [0.29, 0.717) is 12.1 Å². The van der Waals surface area contributed by atoms with E-state index < -0.39 is 0 Å². The standard InChI is InChI=1S/C19H31N3O/c1-2-23-16-19(22-11-6-7-12-22)18-15-21(13-10-20-18)14-17-8-4-3-5-9-17/h3-5,8-9,18-20H,2,6-7,10-16H2,1H3/t18-,19?/m0/s1. The minimum Gasteiger partial charge on any atom is -0.380 e. The SMILES string of the molecule is CCOCC([C@@H]1CN(Cc2ccccc2)CCN1)N1CCCC1. The number of piperazine rings is 1. The van der Waals surface area contributed by atoms with Crippen molar-refractivity contribution in [2.75, 3.05) is 45.9 Å². The van der Waals surface area contributed by atoms with Gasteiger partial charge in [0.25, 0.3) is 0 Å². The van der Waals surface area contributed by atoms with Crippen molar-refractivity contribution in [3.8, 4) is 0 Å². The summed E-state index contributed by atoms with van der Waals surface area (Å²) in [4.78, 5) is 5.23. The molecule has 1 unspecified atom stereocenters. The predicted octanol–water partition coefficient (Wildman–Crippen LogP) is 1.96. The average Bonchev–Trinajstić information content (AvgIpc) is 3.11. The molecule has 4 heteroatoms. The van der Waals surface area contributed by atoms with E-state index >= 15 is 0 Å². The third-order valence-electron chi connectivity index (χ3n) is 5.11. The van der Waals surface area contributed by atoms with Gasteiger partial charge in [-0.2, -0.15) is 0 Å². The molecule has 0 bridgehead atoms. The minimum atomic E-state index is 0.510. The summed E-state index contributed by atoms with van der Waals surface area (Å²) in [6, 6.07) is 11.8. The van der Waals surface area contributed by atoms with E-state index in [-0.39, 0.29) is 0 Å². The lowest BCUT2D eigenvalue weighted by Crippen LogP contribution is -2.60. The molecule has 0 aliphatic carbocycles. The van der Waals surface area contributed by atoms with Crippen LogP contribution in [-0.4, -0.2) is 67.8 Å². The summed E-state index contributed by atoms with van der Waals surface area (Å²) >= 11 is 0. The number of benzene rings is 1. The minimum absolute atomic E-state index is 0.510. The number of hydrogen-bond acceptors (Lipinski definition) is 4. The lowest BCUT2D eigenvalue weighted by molar-refractivity contribution is 0.0389. The number of nitrogens with one attached hydrogen (secondary N) is 1. The van der Waals surface area contributed by atoms with Crippen molar-refractivity contribution >= 4 is 0 Å². The Morgan fingerprint density at radius 1 is 1.17 bits per heavy atom. The van der Waals surface area contributed by atoms with Gasteiger partial charge in [-0.05, 0) is 38.4 Å². The van der Waals surface area contributed by atoms with Crippen molar-refractivity contribution in [3.05, 3.63) is 35.9 Å². The molecule has 2 saturated heterocycles. The topological polar surface area (TPSA) is 27.7 Å². The molecule has 0 aromatic heterocycles. The zero-order valence-corrected chi connectivity index (χ0v) is 14.4. The Morgan fingerprint density at radius 3 is 2.70 bits per heavy atom. The van der Waals surface area contributed by atoms with Gasteiger partial charge in [0.1, 0.15) is 0 Å². The van der Waals surface area contributed by atoms with Gasteiger partial charge in [-0.15, -0.1) is 0 Å². The summed E-state index contributed by atoms with van der Waals surface area (Å²) in [5, 5.41) is 3.76. The fourth-order valence-corrected chi connectivity index (χ4v) is 3.87. The molecule has 2 aliphatic heterocycles. The molecule has 0 amide bonds. The second-order valence-corrected chi connectivity index (χ2v) is 6.75. The van der Waals surface area contributed by atoms with Crippen LogP contribution in [-0.2, 0) is 11.3 Å². The van der Waals surface area contributed by atoms with Crippen molar-refractivity contribution in [2.24, 2.45) is 0 Å². The number of rotatable bonds is 7. The molecule has 1 N–H and O–H groups in total. The van der Waals surface area contributed by atoms with Crippen LogP contribution in [0.15, 0.2) is 30.3 Å². The molecule has 4 nitrogen and oxygen atoms in total. The number of hydrogen-bond donors (Lipinski definition) is 1. The summed E-state index contributed by atoms with van der Waals surface area (Å²) in [5.74, 6) is 0. The van der Waals surface area contributed by atoms with E-state index in [9.17, 15) is 0 Å². The Labute approximate surface area is 140 Å². The highest BCUT2D eigenvalue weighted by Gasteiger charge is 2.32. The first-order valence-corrected chi connectivity index (χ1v) is 9.18. The van der Waals surface area contributed by atoms with Gasteiger partial charge in [-0.1, -0.05) is 30.3 Å². The van der Waals surface area contributed by atoms with Gasteiger partial charge in [0, 0.05) is 44.9 Å². The van der Waals surface area contributed by atoms with Crippen molar-refractivity contribution in [1.29, 1.82) is 0 Å². The van der Waals surface area contributed by atoms with Gasteiger partial charge in [0.05, 0.1) is 6.61 Å². The Morgan fingerprint density at radius 2 is 1.96 bits per heavy atom. The largest absolute Gasteiger partial charge is 0.380 e. The molecule has 2 atom stereocenters. The molecule has 0 saturated carbocycles. The predicted molar refractivity (Wildman–Crippen MR) is 94.6 cm³/mol. The Kier molecular flexibility index (Phi) is 6.46. The molecule has 0 spiro atoms. The molecule has 128 valence electrons. The van der Waals surface area contributed by atoms with Gasteiger partial charge in [-0.3, -0.25) is 9.80 Å². The maximum Gasteiger partial charge on any atom is 0.0637 e. The van der Waals surface area contributed by atoms with Crippen molar-refractivity contribution in [1.82, 2.24) is 15.1 Å². The first-order valence-electron chi connectivity index (χ1n) is 9.18. The Balaban J connectivity index is 1.60. The van der Waals surface area contributed by atoms with Crippen LogP contribution in [0.3, 0.4) is 0 Å². The average molecular weight is 317 g/mol. The second kappa shape index (κ2) is 8.78. The third-order valence-corrected chi connectivity index (χ3v) is 5.11. The van der Waals surface area contributed by atoms with Gasteiger partial charge in [-0.25, -0.2) is 0 Å². The van der Waals surface area contributed by atoms with Crippen LogP contribution in [0.25, 0.3) is 0 Å². The number of likely N-dealkylation sites (tertiary alicyclic amines) is 1. The normalized spacial score (nSPS) is 24.8.